The molecule has 43 heavy (non-hydrogen) atoms. The van der Waals surface area contributed by atoms with Crippen molar-refractivity contribution in [1.29, 1.82) is 0 Å². The summed E-state index contributed by atoms with van der Waals surface area (Å²) in [7, 11) is -3.49. The van der Waals surface area contributed by atoms with Crippen LogP contribution in [0.1, 0.15) is 86.1 Å². The SMILES string of the molecule is CC1(C)Cc2c(c3c(n2-c2cc(F)c(C(N)=O)c(NC4CCC(C(=O)NCCN5CCCC5)CC4)c2)CCC3)S(=O)(=O)C1. The number of hydrogen-bond donors (Lipinski definition) is 3. The number of rotatable bonds is 8. The second-order valence-electron chi connectivity index (χ2n) is 13.7. The van der Waals surface area contributed by atoms with E-state index in [4.69, 9.17) is 5.73 Å². The molecule has 0 spiro atoms. The summed E-state index contributed by atoms with van der Waals surface area (Å²) in [5.41, 5.74) is 8.29. The van der Waals surface area contributed by atoms with E-state index in [0.29, 0.717) is 73.5 Å². The molecule has 3 heterocycles. The van der Waals surface area contributed by atoms with Crippen LogP contribution in [-0.2, 0) is 33.9 Å². The van der Waals surface area contributed by atoms with Crippen LogP contribution in [0.25, 0.3) is 5.69 Å². The van der Waals surface area contributed by atoms with Gasteiger partial charge in [-0.3, -0.25) is 9.59 Å². The first-order valence-corrected chi connectivity index (χ1v) is 17.5. The lowest BCUT2D eigenvalue weighted by molar-refractivity contribution is -0.126. The van der Waals surface area contributed by atoms with Gasteiger partial charge in [-0.2, -0.15) is 0 Å². The van der Waals surface area contributed by atoms with E-state index in [1.165, 1.54) is 18.9 Å². The van der Waals surface area contributed by atoms with Crippen LogP contribution in [0.2, 0.25) is 0 Å². The number of benzene rings is 1. The monoisotopic (exact) mass is 613 g/mol. The molecule has 2 aliphatic heterocycles. The van der Waals surface area contributed by atoms with Gasteiger partial charge in [-0.05, 0) is 100 Å². The predicted molar refractivity (Wildman–Crippen MR) is 164 cm³/mol. The molecule has 1 saturated carbocycles. The third kappa shape index (κ3) is 5.94. The van der Waals surface area contributed by atoms with Gasteiger partial charge in [0.25, 0.3) is 5.91 Å². The Morgan fingerprint density at radius 3 is 2.47 bits per heavy atom. The van der Waals surface area contributed by atoms with E-state index in [2.05, 4.69) is 15.5 Å². The Hall–Kier alpha value is -2.92. The zero-order valence-corrected chi connectivity index (χ0v) is 26.1. The van der Waals surface area contributed by atoms with Gasteiger partial charge in [0.1, 0.15) is 5.82 Å². The Balaban J connectivity index is 1.23. The van der Waals surface area contributed by atoms with Gasteiger partial charge in [-0.15, -0.1) is 0 Å². The highest BCUT2D eigenvalue weighted by molar-refractivity contribution is 7.91. The number of hydrogen-bond acceptors (Lipinski definition) is 6. The molecule has 2 amide bonds. The average Bonchev–Trinajstić information content (AvgIpc) is 3.65. The molecule has 4 N–H and O–H groups in total. The number of nitrogens with zero attached hydrogens (tertiary/aromatic N) is 2. The normalized spacial score (nSPS) is 24.3. The number of amides is 2. The molecule has 9 nitrogen and oxygen atoms in total. The number of aromatic nitrogens is 1. The number of primary amides is 1. The summed E-state index contributed by atoms with van der Waals surface area (Å²) in [6, 6.07) is 3.00. The molecule has 0 atom stereocenters. The fourth-order valence-electron chi connectivity index (χ4n) is 7.88. The minimum Gasteiger partial charge on any atom is -0.382 e. The van der Waals surface area contributed by atoms with Gasteiger partial charge in [0.05, 0.1) is 27.6 Å². The standard InChI is InChI=1S/C32H44FN5O4S/c1-32(2)18-27-29(43(41,42)19-32)23-6-5-7-26(23)38(27)22-16-24(33)28(30(34)39)25(17-22)36-21-10-8-20(9-11-21)31(40)35-12-15-37-13-3-4-14-37/h16-17,20-21,36H,3-15,18-19H2,1-2H3,(H2,34,39)(H,35,40). The molecule has 1 aromatic carbocycles. The van der Waals surface area contributed by atoms with E-state index in [0.717, 1.165) is 37.3 Å². The van der Waals surface area contributed by atoms with Gasteiger partial charge in [0.2, 0.25) is 5.91 Å². The fraction of sp³-hybridized carbons (Fsp3) is 0.625. The fourth-order valence-corrected chi connectivity index (χ4v) is 10.3. The molecular weight excluding hydrogens is 569 g/mol. The van der Waals surface area contributed by atoms with Crippen molar-refractivity contribution in [3.63, 3.8) is 0 Å². The van der Waals surface area contributed by atoms with Crippen molar-refractivity contribution >= 4 is 27.3 Å². The maximum absolute atomic E-state index is 15.7. The van der Waals surface area contributed by atoms with Crippen molar-refractivity contribution in [1.82, 2.24) is 14.8 Å². The van der Waals surface area contributed by atoms with E-state index in [9.17, 15) is 18.0 Å². The van der Waals surface area contributed by atoms with Crippen LogP contribution in [0.15, 0.2) is 17.0 Å². The Morgan fingerprint density at radius 1 is 1.05 bits per heavy atom. The third-order valence-corrected chi connectivity index (χ3v) is 12.0. The third-order valence-electron chi connectivity index (χ3n) is 9.77. The zero-order valence-electron chi connectivity index (χ0n) is 25.3. The molecule has 234 valence electrons. The molecule has 1 aromatic heterocycles. The summed E-state index contributed by atoms with van der Waals surface area (Å²) in [6.07, 6.45) is 8.07. The molecule has 2 aliphatic carbocycles. The van der Waals surface area contributed by atoms with Crippen LogP contribution in [0.3, 0.4) is 0 Å². The minimum atomic E-state index is -3.49. The second kappa shape index (κ2) is 11.5. The van der Waals surface area contributed by atoms with E-state index in [1.807, 2.05) is 18.4 Å². The van der Waals surface area contributed by atoms with Crippen LogP contribution in [0.5, 0.6) is 0 Å². The zero-order chi connectivity index (χ0) is 30.5. The maximum atomic E-state index is 15.7. The molecule has 0 radical (unpaired) electrons. The molecule has 2 aromatic rings. The van der Waals surface area contributed by atoms with Crippen LogP contribution in [0.4, 0.5) is 10.1 Å². The average molecular weight is 614 g/mol. The lowest BCUT2D eigenvalue weighted by Gasteiger charge is -2.31. The topological polar surface area (TPSA) is 127 Å². The number of likely N-dealkylation sites (tertiary alicyclic amines) is 1. The molecule has 0 unspecified atom stereocenters. The van der Waals surface area contributed by atoms with E-state index in [-0.39, 0.29) is 29.2 Å². The summed E-state index contributed by atoms with van der Waals surface area (Å²) in [6.45, 7) is 7.66. The highest BCUT2D eigenvalue weighted by Crippen LogP contribution is 2.45. The first kappa shape index (κ1) is 30.1. The molecule has 1 saturated heterocycles. The van der Waals surface area contributed by atoms with Crippen LogP contribution < -0.4 is 16.4 Å². The lowest BCUT2D eigenvalue weighted by Crippen LogP contribution is -2.39. The molecule has 0 bridgehead atoms. The molecule has 4 aliphatic rings. The Labute approximate surface area is 253 Å². The van der Waals surface area contributed by atoms with Crippen molar-refractivity contribution in [2.75, 3.05) is 37.2 Å². The van der Waals surface area contributed by atoms with Crippen LogP contribution in [-0.4, -0.2) is 67.7 Å². The molecule has 6 rings (SSSR count). The lowest BCUT2D eigenvalue weighted by atomic mass is 9.85. The minimum absolute atomic E-state index is 0.0509. The number of fused-ring (bicyclic) bond motifs is 3. The summed E-state index contributed by atoms with van der Waals surface area (Å²) in [4.78, 5) is 28.0. The number of carbonyl (C=O) groups excluding carboxylic acids is 2. The van der Waals surface area contributed by atoms with Gasteiger partial charge in [0, 0.05) is 36.4 Å². The van der Waals surface area contributed by atoms with E-state index in [1.54, 1.807) is 6.07 Å². The van der Waals surface area contributed by atoms with Gasteiger partial charge in [-0.25, -0.2) is 12.8 Å². The first-order chi connectivity index (χ1) is 20.4. The van der Waals surface area contributed by atoms with E-state index < -0.39 is 27.0 Å². The number of sulfone groups is 1. The summed E-state index contributed by atoms with van der Waals surface area (Å²) in [5, 5.41) is 6.48. The maximum Gasteiger partial charge on any atom is 0.253 e. The molecule has 11 heteroatoms. The van der Waals surface area contributed by atoms with Gasteiger partial charge in [-0.1, -0.05) is 13.8 Å². The van der Waals surface area contributed by atoms with Crippen LogP contribution >= 0.6 is 0 Å². The summed E-state index contributed by atoms with van der Waals surface area (Å²) in [5.74, 6) is -1.47. The Bertz CT molecular complexity index is 1540. The van der Waals surface area contributed by atoms with Gasteiger partial charge >= 0.3 is 0 Å². The number of nitrogens with one attached hydrogen (secondary N) is 2. The number of carbonyl (C=O) groups is 2. The predicted octanol–water partition coefficient (Wildman–Crippen LogP) is 3.74. The summed E-state index contributed by atoms with van der Waals surface area (Å²) >= 11 is 0. The second-order valence-corrected chi connectivity index (χ2v) is 15.7. The Kier molecular flexibility index (Phi) is 8.08. The first-order valence-electron chi connectivity index (χ1n) is 15.8. The van der Waals surface area contributed by atoms with Crippen molar-refractivity contribution in [3.8, 4) is 5.69 Å². The largest absolute Gasteiger partial charge is 0.382 e. The number of halogens is 1. The number of nitrogens with two attached hydrogens (primary N) is 1. The van der Waals surface area contributed by atoms with Crippen molar-refractivity contribution in [3.05, 3.63) is 40.5 Å². The van der Waals surface area contributed by atoms with Crippen molar-refractivity contribution in [2.24, 2.45) is 17.1 Å². The van der Waals surface area contributed by atoms with Gasteiger partial charge < -0.3 is 25.8 Å². The molecular formula is C32H44FN5O4S. The van der Waals surface area contributed by atoms with Crippen molar-refractivity contribution in [2.45, 2.75) is 89.0 Å². The highest BCUT2D eigenvalue weighted by Gasteiger charge is 2.42. The number of anilines is 1. The van der Waals surface area contributed by atoms with E-state index >= 15 is 4.39 Å². The highest BCUT2D eigenvalue weighted by atomic mass is 32.2. The smallest absolute Gasteiger partial charge is 0.253 e. The van der Waals surface area contributed by atoms with Crippen molar-refractivity contribution < 1.29 is 22.4 Å². The van der Waals surface area contributed by atoms with Crippen LogP contribution in [0, 0.1) is 17.2 Å². The Morgan fingerprint density at radius 2 is 1.77 bits per heavy atom. The summed E-state index contributed by atoms with van der Waals surface area (Å²) < 4.78 is 44.5. The quantitative estimate of drug-likeness (QED) is 0.417. The van der Waals surface area contributed by atoms with Gasteiger partial charge in [0.15, 0.2) is 9.84 Å². The molecule has 2 fully saturated rings.